The molecule has 1 heterocycles. The van der Waals surface area contributed by atoms with Crippen LogP contribution in [0.15, 0.2) is 35.3 Å². The van der Waals surface area contributed by atoms with Gasteiger partial charge in [0.05, 0.1) is 6.04 Å². The van der Waals surface area contributed by atoms with Crippen LogP contribution in [0.25, 0.3) is 0 Å². The monoisotopic (exact) mass is 260 g/mol. The minimum atomic E-state index is 0.443. The zero-order valence-corrected chi connectivity index (χ0v) is 11.5. The molecule has 0 amide bonds. The smallest absolute Gasteiger partial charge is 0.157 e. The number of nitrogens with one attached hydrogen (secondary N) is 1. The van der Waals surface area contributed by atoms with E-state index in [-0.39, 0.29) is 0 Å². The van der Waals surface area contributed by atoms with Crippen LogP contribution in [0.2, 0.25) is 0 Å². The first-order valence-corrected chi connectivity index (χ1v) is 7.89. The zero-order chi connectivity index (χ0) is 12.2. The van der Waals surface area contributed by atoms with E-state index < -0.39 is 0 Å². The third kappa shape index (κ3) is 2.89. The Labute approximate surface area is 113 Å². The molecule has 0 spiro atoms. The highest BCUT2D eigenvalue weighted by Crippen LogP contribution is 2.28. The Bertz CT molecular complexity index is 410. The van der Waals surface area contributed by atoms with E-state index in [9.17, 15) is 0 Å². The summed E-state index contributed by atoms with van der Waals surface area (Å²) in [7, 11) is 0. The van der Waals surface area contributed by atoms with E-state index in [1.165, 1.54) is 31.2 Å². The van der Waals surface area contributed by atoms with E-state index in [1.54, 1.807) is 0 Å². The summed E-state index contributed by atoms with van der Waals surface area (Å²) in [5, 5.41) is 4.69. The first kappa shape index (κ1) is 12.1. The van der Waals surface area contributed by atoms with Gasteiger partial charge in [0.1, 0.15) is 0 Å². The summed E-state index contributed by atoms with van der Waals surface area (Å²) in [5.41, 5.74) is 1.37. The summed E-state index contributed by atoms with van der Waals surface area (Å²) in [5.74, 6) is 1.95. The highest BCUT2D eigenvalue weighted by molar-refractivity contribution is 8.14. The molecule has 0 aromatic heterocycles. The van der Waals surface area contributed by atoms with Crippen molar-refractivity contribution in [3.05, 3.63) is 35.9 Å². The maximum atomic E-state index is 4.75. The van der Waals surface area contributed by atoms with E-state index in [4.69, 9.17) is 4.99 Å². The molecule has 0 radical (unpaired) electrons. The maximum Gasteiger partial charge on any atom is 0.157 e. The molecule has 2 fully saturated rings. The fraction of sp³-hybridized carbons (Fsp3) is 0.533. The van der Waals surface area contributed by atoms with Crippen LogP contribution in [-0.2, 0) is 0 Å². The molecule has 1 N–H and O–H groups in total. The Morgan fingerprint density at radius 3 is 2.72 bits per heavy atom. The third-order valence-corrected chi connectivity index (χ3v) is 4.87. The van der Waals surface area contributed by atoms with Crippen LogP contribution in [0, 0.1) is 5.92 Å². The van der Waals surface area contributed by atoms with E-state index in [0.29, 0.717) is 6.04 Å². The molecule has 18 heavy (non-hydrogen) atoms. The second kappa shape index (κ2) is 5.79. The van der Waals surface area contributed by atoms with Crippen LogP contribution < -0.4 is 5.32 Å². The predicted molar refractivity (Wildman–Crippen MR) is 79.0 cm³/mol. The summed E-state index contributed by atoms with van der Waals surface area (Å²) in [6.45, 7) is 1.02. The van der Waals surface area contributed by atoms with Gasteiger partial charge in [-0.25, -0.2) is 0 Å². The molecule has 1 aliphatic carbocycles. The van der Waals surface area contributed by atoms with Crippen molar-refractivity contribution in [2.45, 2.75) is 31.7 Å². The van der Waals surface area contributed by atoms with Gasteiger partial charge in [-0.3, -0.25) is 4.99 Å². The summed E-state index contributed by atoms with van der Waals surface area (Å²) in [4.78, 5) is 4.75. The molecule has 2 aliphatic rings. The Kier molecular flexibility index (Phi) is 3.89. The lowest BCUT2D eigenvalue weighted by atomic mass is 10.1. The fourth-order valence-corrected chi connectivity index (χ4v) is 3.75. The van der Waals surface area contributed by atoms with Gasteiger partial charge in [0.2, 0.25) is 0 Å². The van der Waals surface area contributed by atoms with Gasteiger partial charge >= 0.3 is 0 Å². The van der Waals surface area contributed by atoms with Gasteiger partial charge < -0.3 is 5.32 Å². The number of thioether (sulfide) groups is 1. The van der Waals surface area contributed by atoms with E-state index in [0.717, 1.165) is 23.4 Å². The lowest BCUT2D eigenvalue weighted by molar-refractivity contribution is 0.562. The van der Waals surface area contributed by atoms with Crippen LogP contribution in [0.4, 0.5) is 0 Å². The van der Waals surface area contributed by atoms with Gasteiger partial charge in [-0.15, -0.1) is 0 Å². The molecule has 96 valence electrons. The number of rotatable bonds is 3. The quantitative estimate of drug-likeness (QED) is 0.898. The number of hydrogen-bond acceptors (Lipinski definition) is 2. The molecule has 1 aromatic rings. The first-order chi connectivity index (χ1) is 8.92. The molecule has 1 saturated heterocycles. The molecule has 3 rings (SSSR count). The maximum absolute atomic E-state index is 4.75. The molecule has 3 heteroatoms. The second-order valence-electron chi connectivity index (χ2n) is 5.21. The van der Waals surface area contributed by atoms with Crippen LogP contribution in [0.3, 0.4) is 0 Å². The molecular formula is C15H20N2S. The third-order valence-electron chi connectivity index (χ3n) is 3.85. The average molecular weight is 260 g/mol. The molecule has 1 aromatic carbocycles. The Morgan fingerprint density at radius 1 is 1.17 bits per heavy atom. The van der Waals surface area contributed by atoms with Crippen molar-refractivity contribution in [3.63, 3.8) is 0 Å². The molecule has 1 aliphatic heterocycles. The largest absolute Gasteiger partial charge is 0.357 e. The van der Waals surface area contributed by atoms with Crippen molar-refractivity contribution in [3.8, 4) is 0 Å². The highest BCUT2D eigenvalue weighted by atomic mass is 32.2. The van der Waals surface area contributed by atoms with Crippen molar-refractivity contribution in [2.24, 2.45) is 10.9 Å². The lowest BCUT2D eigenvalue weighted by Gasteiger charge is -2.10. The van der Waals surface area contributed by atoms with Gasteiger partial charge in [-0.1, -0.05) is 54.9 Å². The topological polar surface area (TPSA) is 24.4 Å². The summed E-state index contributed by atoms with van der Waals surface area (Å²) in [6, 6.07) is 11.1. The Balaban J connectivity index is 1.56. The minimum Gasteiger partial charge on any atom is -0.357 e. The lowest BCUT2D eigenvalue weighted by Crippen LogP contribution is -2.19. The molecular weight excluding hydrogens is 240 g/mol. The molecule has 1 unspecified atom stereocenters. The van der Waals surface area contributed by atoms with Crippen molar-refractivity contribution in [1.29, 1.82) is 0 Å². The van der Waals surface area contributed by atoms with E-state index in [1.807, 2.05) is 11.8 Å². The van der Waals surface area contributed by atoms with Crippen LogP contribution in [-0.4, -0.2) is 17.5 Å². The van der Waals surface area contributed by atoms with Gasteiger partial charge in [0.25, 0.3) is 0 Å². The van der Waals surface area contributed by atoms with Crippen molar-refractivity contribution in [2.75, 3.05) is 12.3 Å². The molecule has 1 atom stereocenters. The van der Waals surface area contributed by atoms with E-state index in [2.05, 4.69) is 35.6 Å². The summed E-state index contributed by atoms with van der Waals surface area (Å²) >= 11 is 1.87. The Hall–Kier alpha value is -0.960. The first-order valence-electron chi connectivity index (χ1n) is 6.90. The number of hydrogen-bond donors (Lipinski definition) is 1. The van der Waals surface area contributed by atoms with Crippen LogP contribution in [0.5, 0.6) is 0 Å². The van der Waals surface area contributed by atoms with Gasteiger partial charge in [0, 0.05) is 12.3 Å². The Morgan fingerprint density at radius 2 is 1.94 bits per heavy atom. The second-order valence-corrected chi connectivity index (χ2v) is 6.22. The summed E-state index contributed by atoms with van der Waals surface area (Å²) < 4.78 is 0. The predicted octanol–water partition coefficient (Wildman–Crippen LogP) is 3.61. The SMILES string of the molecule is c1ccc(C2CSC(=NCC3CCCC3)N2)cc1. The van der Waals surface area contributed by atoms with Gasteiger partial charge in [-0.05, 0) is 24.3 Å². The van der Waals surface area contributed by atoms with Gasteiger partial charge in [-0.2, -0.15) is 0 Å². The number of nitrogens with zero attached hydrogens (tertiary/aromatic N) is 1. The van der Waals surface area contributed by atoms with Crippen molar-refractivity contribution < 1.29 is 0 Å². The number of amidine groups is 1. The molecule has 0 bridgehead atoms. The normalized spacial score (nSPS) is 26.7. The van der Waals surface area contributed by atoms with Crippen LogP contribution >= 0.6 is 11.8 Å². The van der Waals surface area contributed by atoms with E-state index >= 15 is 0 Å². The van der Waals surface area contributed by atoms with Crippen molar-refractivity contribution >= 4 is 16.9 Å². The number of benzene rings is 1. The van der Waals surface area contributed by atoms with Crippen LogP contribution in [0.1, 0.15) is 37.3 Å². The summed E-state index contributed by atoms with van der Waals surface area (Å²) in [6.07, 6.45) is 5.57. The molecule has 1 saturated carbocycles. The standard InChI is InChI=1S/C15H20N2S/c1-2-8-13(9-3-1)14-11-18-15(17-14)16-10-12-6-4-5-7-12/h1-3,8-9,12,14H,4-7,10-11H2,(H,16,17). The minimum absolute atomic E-state index is 0.443. The van der Waals surface area contributed by atoms with Crippen molar-refractivity contribution in [1.82, 2.24) is 5.32 Å². The fourth-order valence-electron chi connectivity index (χ4n) is 2.76. The molecule has 2 nitrogen and oxygen atoms in total. The van der Waals surface area contributed by atoms with Gasteiger partial charge in [0.15, 0.2) is 5.17 Å². The zero-order valence-electron chi connectivity index (χ0n) is 10.6. The highest BCUT2D eigenvalue weighted by Gasteiger charge is 2.22. The number of aliphatic imine (C=N–C) groups is 1. The average Bonchev–Trinajstić information content (AvgIpc) is 3.09.